The number of likely N-dealkylation sites (tertiary alicyclic amines) is 1. The smallest absolute Gasteiger partial charge is 0.410 e. The van der Waals surface area contributed by atoms with Crippen molar-refractivity contribution >= 4 is 17.9 Å². The number of nitrogens with zero attached hydrogens (tertiary/aromatic N) is 3. The van der Waals surface area contributed by atoms with Crippen LogP contribution in [0.3, 0.4) is 0 Å². The standard InChI is InChI=1S/C36H59N3O7/c1-25(2)38(28-14-11-10-12-15-28)33(40)23-29-17-18-30(24-37(29)35(42)46-36(5,6)7)39(26(3)4)34(41)27-16-19-31(44-9)32(22-27)45-21-13-20-43-8/h16,19,22,25-26,28-30H,10-15,17-18,20-21,23-24H2,1-9H3. The summed E-state index contributed by atoms with van der Waals surface area (Å²) in [6, 6.07) is 4.88. The third-order valence-electron chi connectivity index (χ3n) is 8.88. The van der Waals surface area contributed by atoms with Crippen LogP contribution in [0, 0.1) is 0 Å². The van der Waals surface area contributed by atoms with E-state index in [1.54, 1.807) is 37.3 Å². The van der Waals surface area contributed by atoms with E-state index in [9.17, 15) is 14.4 Å². The topological polar surface area (TPSA) is 97.9 Å². The normalized spacial score (nSPS) is 19.2. The fourth-order valence-electron chi connectivity index (χ4n) is 6.85. The zero-order chi connectivity index (χ0) is 34.0. The maximum absolute atomic E-state index is 14.1. The molecule has 2 atom stereocenters. The SMILES string of the molecule is COCCCOc1cc(C(=O)N(C(C)C)C2CCC(CC(=O)N(C(C)C)C3CCCCC3)N(C(=O)OC(C)(C)C)C2)ccc1OC. The van der Waals surface area contributed by atoms with E-state index >= 15 is 0 Å². The molecule has 2 aliphatic rings. The van der Waals surface area contributed by atoms with Crippen LogP contribution >= 0.6 is 0 Å². The Labute approximate surface area is 277 Å². The largest absolute Gasteiger partial charge is 0.493 e. The maximum atomic E-state index is 14.1. The Bertz CT molecular complexity index is 1140. The highest BCUT2D eigenvalue weighted by Crippen LogP contribution is 2.33. The lowest BCUT2D eigenvalue weighted by molar-refractivity contribution is -0.138. The van der Waals surface area contributed by atoms with Gasteiger partial charge in [-0.3, -0.25) is 9.59 Å². The van der Waals surface area contributed by atoms with Gasteiger partial charge in [-0.1, -0.05) is 19.3 Å². The predicted molar refractivity (Wildman–Crippen MR) is 180 cm³/mol. The molecule has 1 aromatic rings. The molecule has 0 radical (unpaired) electrons. The minimum atomic E-state index is -0.693. The molecule has 1 aromatic carbocycles. The molecule has 1 heterocycles. The molecule has 0 spiro atoms. The van der Waals surface area contributed by atoms with Crippen molar-refractivity contribution in [3.05, 3.63) is 23.8 Å². The van der Waals surface area contributed by atoms with Crippen molar-refractivity contribution in [2.75, 3.05) is 34.0 Å². The van der Waals surface area contributed by atoms with Crippen LogP contribution in [0.2, 0.25) is 0 Å². The summed E-state index contributed by atoms with van der Waals surface area (Å²) in [5.74, 6) is 0.992. The Morgan fingerprint density at radius 1 is 0.870 bits per heavy atom. The third-order valence-corrected chi connectivity index (χ3v) is 8.88. The number of amides is 3. The molecule has 2 unspecified atom stereocenters. The van der Waals surface area contributed by atoms with Crippen molar-refractivity contribution < 1.29 is 33.3 Å². The first kappa shape index (κ1) is 37.4. The van der Waals surface area contributed by atoms with Crippen LogP contribution in [0.4, 0.5) is 4.79 Å². The lowest BCUT2D eigenvalue weighted by Crippen LogP contribution is -2.58. The van der Waals surface area contributed by atoms with Crippen LogP contribution in [-0.2, 0) is 14.3 Å². The molecule has 0 N–H and O–H groups in total. The van der Waals surface area contributed by atoms with Gasteiger partial charge in [-0.2, -0.15) is 0 Å². The molecule has 1 aliphatic carbocycles. The molecule has 10 heteroatoms. The molecule has 1 saturated carbocycles. The summed E-state index contributed by atoms with van der Waals surface area (Å²) in [7, 11) is 3.22. The van der Waals surface area contributed by atoms with Crippen molar-refractivity contribution in [3.8, 4) is 11.5 Å². The minimum Gasteiger partial charge on any atom is -0.493 e. The molecule has 3 amide bonds. The van der Waals surface area contributed by atoms with Gasteiger partial charge in [0.15, 0.2) is 11.5 Å². The highest BCUT2D eigenvalue weighted by Gasteiger charge is 2.41. The van der Waals surface area contributed by atoms with Crippen molar-refractivity contribution in [1.82, 2.24) is 14.7 Å². The van der Waals surface area contributed by atoms with Gasteiger partial charge < -0.3 is 33.6 Å². The second-order valence-corrected chi connectivity index (χ2v) is 14.3. The number of rotatable bonds is 13. The van der Waals surface area contributed by atoms with E-state index in [4.69, 9.17) is 18.9 Å². The van der Waals surface area contributed by atoms with E-state index in [0.29, 0.717) is 56.1 Å². The first-order valence-electron chi connectivity index (χ1n) is 17.2. The molecule has 10 nitrogen and oxygen atoms in total. The monoisotopic (exact) mass is 645 g/mol. The van der Waals surface area contributed by atoms with E-state index in [-0.39, 0.29) is 48.4 Å². The van der Waals surface area contributed by atoms with Crippen molar-refractivity contribution in [1.29, 1.82) is 0 Å². The molecular weight excluding hydrogens is 586 g/mol. The molecule has 0 bridgehead atoms. The van der Waals surface area contributed by atoms with Crippen molar-refractivity contribution in [3.63, 3.8) is 0 Å². The minimum absolute atomic E-state index is 0.0898. The number of methoxy groups -OCH3 is 2. The molecule has 260 valence electrons. The van der Waals surface area contributed by atoms with Gasteiger partial charge in [-0.05, 0) is 92.3 Å². The number of benzene rings is 1. The average molecular weight is 646 g/mol. The van der Waals surface area contributed by atoms with Gasteiger partial charge in [0.25, 0.3) is 5.91 Å². The summed E-state index contributed by atoms with van der Waals surface area (Å²) >= 11 is 0. The van der Waals surface area contributed by atoms with E-state index in [0.717, 1.165) is 25.7 Å². The first-order valence-corrected chi connectivity index (χ1v) is 17.2. The number of carbonyl (C=O) groups is 3. The van der Waals surface area contributed by atoms with Crippen molar-refractivity contribution in [2.45, 2.75) is 142 Å². The summed E-state index contributed by atoms with van der Waals surface area (Å²) in [4.78, 5) is 47.3. The van der Waals surface area contributed by atoms with Gasteiger partial charge in [-0.15, -0.1) is 0 Å². The summed E-state index contributed by atoms with van der Waals surface area (Å²) in [5.41, 5.74) is -0.210. The predicted octanol–water partition coefficient (Wildman–Crippen LogP) is 6.69. The average Bonchev–Trinajstić information content (AvgIpc) is 2.99. The Hall–Kier alpha value is -3.01. The van der Waals surface area contributed by atoms with Crippen molar-refractivity contribution in [2.24, 2.45) is 0 Å². The van der Waals surface area contributed by atoms with Gasteiger partial charge in [0.1, 0.15) is 5.60 Å². The fourth-order valence-corrected chi connectivity index (χ4v) is 6.85. The number of piperidine rings is 1. The zero-order valence-electron chi connectivity index (χ0n) is 29.8. The third kappa shape index (κ3) is 10.2. The van der Waals surface area contributed by atoms with Crippen LogP contribution in [0.15, 0.2) is 18.2 Å². The number of ether oxygens (including phenoxy) is 4. The van der Waals surface area contributed by atoms with Crippen LogP contribution in [0.1, 0.15) is 117 Å². The molecule has 1 saturated heterocycles. The Morgan fingerprint density at radius 2 is 1.54 bits per heavy atom. The van der Waals surface area contributed by atoms with E-state index in [1.807, 2.05) is 39.5 Å². The molecule has 3 rings (SSSR count). The molecule has 2 fully saturated rings. The zero-order valence-corrected chi connectivity index (χ0v) is 29.8. The highest BCUT2D eigenvalue weighted by molar-refractivity contribution is 5.95. The fraction of sp³-hybridized carbons (Fsp3) is 0.750. The van der Waals surface area contributed by atoms with Crippen LogP contribution < -0.4 is 9.47 Å². The van der Waals surface area contributed by atoms with E-state index < -0.39 is 11.7 Å². The molecule has 0 aromatic heterocycles. The maximum Gasteiger partial charge on any atom is 0.410 e. The molecule has 1 aliphatic heterocycles. The van der Waals surface area contributed by atoms with Gasteiger partial charge in [-0.25, -0.2) is 4.79 Å². The summed E-state index contributed by atoms with van der Waals surface area (Å²) in [6.45, 7) is 15.0. The first-order chi connectivity index (χ1) is 21.8. The van der Waals surface area contributed by atoms with Crippen LogP contribution in [0.5, 0.6) is 11.5 Å². The van der Waals surface area contributed by atoms with Gasteiger partial charge in [0.2, 0.25) is 5.91 Å². The highest BCUT2D eigenvalue weighted by atomic mass is 16.6. The second-order valence-electron chi connectivity index (χ2n) is 14.3. The van der Waals surface area contributed by atoms with Gasteiger partial charge >= 0.3 is 6.09 Å². The second kappa shape index (κ2) is 17.2. The van der Waals surface area contributed by atoms with Crippen LogP contribution in [-0.4, -0.2) is 102 Å². The Balaban J connectivity index is 1.85. The number of hydrogen-bond acceptors (Lipinski definition) is 7. The lowest BCUT2D eigenvalue weighted by atomic mass is 9.91. The number of carbonyl (C=O) groups excluding carboxylic acids is 3. The van der Waals surface area contributed by atoms with E-state index in [1.165, 1.54) is 6.42 Å². The lowest BCUT2D eigenvalue weighted by Gasteiger charge is -2.46. The Kier molecular flexibility index (Phi) is 14.0. The quantitative estimate of drug-likeness (QED) is 0.221. The van der Waals surface area contributed by atoms with Gasteiger partial charge in [0, 0.05) is 62.8 Å². The summed E-state index contributed by atoms with van der Waals surface area (Å²) < 4.78 is 22.4. The van der Waals surface area contributed by atoms with E-state index in [2.05, 4.69) is 18.7 Å². The van der Waals surface area contributed by atoms with Gasteiger partial charge in [0.05, 0.1) is 19.8 Å². The molecular formula is C36H59N3O7. The Morgan fingerprint density at radius 3 is 2.13 bits per heavy atom. The number of hydrogen-bond donors (Lipinski definition) is 0. The molecule has 46 heavy (non-hydrogen) atoms. The van der Waals surface area contributed by atoms with Crippen LogP contribution in [0.25, 0.3) is 0 Å². The summed E-state index contributed by atoms with van der Waals surface area (Å²) in [6.07, 6.45) is 7.34. The summed E-state index contributed by atoms with van der Waals surface area (Å²) in [5, 5.41) is 0.